The van der Waals surface area contributed by atoms with Crippen LogP contribution in [-0.4, -0.2) is 43.1 Å². The van der Waals surface area contributed by atoms with Crippen molar-refractivity contribution >= 4 is 11.5 Å². The molecule has 0 aromatic carbocycles. The highest BCUT2D eigenvalue weighted by Gasteiger charge is 2.40. The highest BCUT2D eigenvalue weighted by molar-refractivity contribution is 5.52. The first kappa shape index (κ1) is 13.1. The van der Waals surface area contributed by atoms with E-state index in [9.17, 15) is 0 Å². The van der Waals surface area contributed by atoms with Crippen LogP contribution in [0.2, 0.25) is 0 Å². The summed E-state index contributed by atoms with van der Waals surface area (Å²) in [5.74, 6) is 1.01. The Morgan fingerprint density at radius 2 is 2.00 bits per heavy atom. The van der Waals surface area contributed by atoms with Crippen LogP contribution in [0.3, 0.4) is 0 Å². The minimum absolute atomic E-state index is 0.325. The summed E-state index contributed by atoms with van der Waals surface area (Å²) in [6, 6.07) is 2.07. The second-order valence-electron chi connectivity index (χ2n) is 5.73. The highest BCUT2D eigenvalue weighted by atomic mass is 15.2. The fraction of sp³-hybridized carbons (Fsp3) is 0.643. The molecule has 1 heterocycles. The molecule has 18 heavy (non-hydrogen) atoms. The number of hydrogen-bond acceptors (Lipinski definition) is 4. The maximum atomic E-state index is 5.81. The average molecular weight is 248 g/mol. The minimum Gasteiger partial charge on any atom is -0.397 e. The first-order chi connectivity index (χ1) is 8.44. The molecule has 2 rings (SSSR count). The molecule has 0 saturated heterocycles. The van der Waals surface area contributed by atoms with Crippen LogP contribution in [0, 0.1) is 6.92 Å². The van der Waals surface area contributed by atoms with Crippen LogP contribution < -0.4 is 10.6 Å². The Bertz CT molecular complexity index is 424. The second-order valence-corrected chi connectivity index (χ2v) is 5.73. The molecular formula is C14H24N4. The van der Waals surface area contributed by atoms with Crippen molar-refractivity contribution < 1.29 is 0 Å². The monoisotopic (exact) mass is 248 g/mol. The molecule has 0 bridgehead atoms. The molecular weight excluding hydrogens is 224 g/mol. The largest absolute Gasteiger partial charge is 0.397 e. The number of pyridine rings is 1. The van der Waals surface area contributed by atoms with E-state index in [0.29, 0.717) is 5.54 Å². The minimum atomic E-state index is 0.325. The summed E-state index contributed by atoms with van der Waals surface area (Å²) in [4.78, 5) is 9.02. The number of likely N-dealkylation sites (N-methyl/N-ethyl adjacent to an activating group) is 2. The van der Waals surface area contributed by atoms with Crippen molar-refractivity contribution in [3.8, 4) is 0 Å². The number of hydrogen-bond donors (Lipinski definition) is 1. The quantitative estimate of drug-likeness (QED) is 0.884. The molecule has 4 nitrogen and oxygen atoms in total. The van der Waals surface area contributed by atoms with Gasteiger partial charge in [0.15, 0.2) is 0 Å². The molecule has 0 unspecified atom stereocenters. The lowest BCUT2D eigenvalue weighted by Crippen LogP contribution is -2.56. The van der Waals surface area contributed by atoms with Crippen molar-refractivity contribution in [2.24, 2.45) is 0 Å². The summed E-state index contributed by atoms with van der Waals surface area (Å²) >= 11 is 0. The molecule has 1 saturated carbocycles. The van der Waals surface area contributed by atoms with Gasteiger partial charge in [-0.2, -0.15) is 0 Å². The Labute approximate surface area is 110 Å². The second kappa shape index (κ2) is 4.76. The summed E-state index contributed by atoms with van der Waals surface area (Å²) in [6.45, 7) is 3.05. The Morgan fingerprint density at radius 3 is 2.44 bits per heavy atom. The zero-order chi connectivity index (χ0) is 13.3. The molecule has 4 heteroatoms. The van der Waals surface area contributed by atoms with Gasteiger partial charge in [-0.1, -0.05) is 0 Å². The van der Waals surface area contributed by atoms with Crippen LogP contribution in [0.25, 0.3) is 0 Å². The van der Waals surface area contributed by atoms with Crippen molar-refractivity contribution in [2.75, 3.05) is 38.3 Å². The number of rotatable bonds is 4. The van der Waals surface area contributed by atoms with E-state index in [-0.39, 0.29) is 0 Å². The summed E-state index contributed by atoms with van der Waals surface area (Å²) in [7, 11) is 6.46. The van der Waals surface area contributed by atoms with Crippen molar-refractivity contribution in [3.05, 3.63) is 17.8 Å². The van der Waals surface area contributed by atoms with E-state index in [0.717, 1.165) is 23.6 Å². The molecule has 1 aromatic heterocycles. The standard InChI is InChI=1S/C14H24N4/c1-11-8-13(16-9-12(11)15)18(4)10-14(17(2)3)6-5-7-14/h8-9H,5-7,10,15H2,1-4H3. The molecule has 0 atom stereocenters. The molecule has 0 aliphatic heterocycles. The molecule has 1 aliphatic rings. The fourth-order valence-corrected chi connectivity index (χ4v) is 2.61. The van der Waals surface area contributed by atoms with Crippen LogP contribution in [0.15, 0.2) is 12.3 Å². The number of nitrogens with zero attached hydrogens (tertiary/aromatic N) is 3. The fourth-order valence-electron chi connectivity index (χ4n) is 2.61. The third kappa shape index (κ3) is 2.29. The summed E-state index contributed by atoms with van der Waals surface area (Å²) in [5, 5.41) is 0. The van der Waals surface area contributed by atoms with Gasteiger partial charge in [-0.15, -0.1) is 0 Å². The van der Waals surface area contributed by atoms with E-state index >= 15 is 0 Å². The molecule has 1 aromatic rings. The molecule has 0 spiro atoms. The van der Waals surface area contributed by atoms with E-state index in [1.165, 1.54) is 19.3 Å². The zero-order valence-corrected chi connectivity index (χ0v) is 11.9. The van der Waals surface area contributed by atoms with Gasteiger partial charge in [0.05, 0.1) is 11.9 Å². The van der Waals surface area contributed by atoms with E-state index < -0.39 is 0 Å². The number of nitrogen functional groups attached to an aromatic ring is 1. The number of nitrogens with two attached hydrogens (primary N) is 1. The predicted molar refractivity (Wildman–Crippen MR) is 76.9 cm³/mol. The first-order valence-corrected chi connectivity index (χ1v) is 6.55. The van der Waals surface area contributed by atoms with E-state index in [1.54, 1.807) is 6.20 Å². The summed E-state index contributed by atoms with van der Waals surface area (Å²) < 4.78 is 0. The average Bonchev–Trinajstić information content (AvgIpc) is 2.26. The zero-order valence-electron chi connectivity index (χ0n) is 11.9. The molecule has 0 radical (unpaired) electrons. The van der Waals surface area contributed by atoms with Gasteiger partial charge in [-0.3, -0.25) is 0 Å². The van der Waals surface area contributed by atoms with Crippen LogP contribution in [0.4, 0.5) is 11.5 Å². The Hall–Kier alpha value is -1.29. The SMILES string of the molecule is Cc1cc(N(C)CC2(N(C)C)CCC2)ncc1N. The lowest BCUT2D eigenvalue weighted by molar-refractivity contribution is 0.0682. The predicted octanol–water partition coefficient (Wildman–Crippen LogP) is 1.89. The lowest BCUT2D eigenvalue weighted by Gasteiger charge is -2.49. The first-order valence-electron chi connectivity index (χ1n) is 6.55. The number of aryl methyl sites for hydroxylation is 1. The molecule has 1 fully saturated rings. The van der Waals surface area contributed by atoms with Gasteiger partial charge in [0.25, 0.3) is 0 Å². The maximum absolute atomic E-state index is 5.81. The maximum Gasteiger partial charge on any atom is 0.128 e. The number of anilines is 2. The van der Waals surface area contributed by atoms with Crippen LogP contribution in [0.5, 0.6) is 0 Å². The van der Waals surface area contributed by atoms with E-state index in [2.05, 4.69) is 42.0 Å². The highest BCUT2D eigenvalue weighted by Crippen LogP contribution is 2.37. The van der Waals surface area contributed by atoms with Crippen molar-refractivity contribution in [1.82, 2.24) is 9.88 Å². The van der Waals surface area contributed by atoms with Gasteiger partial charge in [0, 0.05) is 19.1 Å². The summed E-state index contributed by atoms with van der Waals surface area (Å²) in [5.41, 5.74) is 8.00. The molecule has 1 aliphatic carbocycles. The van der Waals surface area contributed by atoms with E-state index in [4.69, 9.17) is 5.73 Å². The topological polar surface area (TPSA) is 45.4 Å². The van der Waals surface area contributed by atoms with Crippen molar-refractivity contribution in [1.29, 1.82) is 0 Å². The van der Waals surface area contributed by atoms with Gasteiger partial charge >= 0.3 is 0 Å². The van der Waals surface area contributed by atoms with Gasteiger partial charge < -0.3 is 15.5 Å². The number of aromatic nitrogens is 1. The third-order valence-corrected chi connectivity index (χ3v) is 4.29. The van der Waals surface area contributed by atoms with Gasteiger partial charge in [-0.25, -0.2) is 4.98 Å². The van der Waals surface area contributed by atoms with Gasteiger partial charge in [-0.05, 0) is 51.9 Å². The van der Waals surface area contributed by atoms with Gasteiger partial charge in [0.1, 0.15) is 5.82 Å². The van der Waals surface area contributed by atoms with Crippen LogP contribution >= 0.6 is 0 Å². The molecule has 100 valence electrons. The lowest BCUT2D eigenvalue weighted by atomic mass is 9.75. The van der Waals surface area contributed by atoms with Crippen LogP contribution in [-0.2, 0) is 0 Å². The Morgan fingerprint density at radius 1 is 1.33 bits per heavy atom. The smallest absolute Gasteiger partial charge is 0.128 e. The Kier molecular flexibility index (Phi) is 3.48. The van der Waals surface area contributed by atoms with Crippen molar-refractivity contribution in [3.63, 3.8) is 0 Å². The normalized spacial score (nSPS) is 17.6. The summed E-state index contributed by atoms with van der Waals surface area (Å²) in [6.07, 6.45) is 5.64. The molecule has 2 N–H and O–H groups in total. The Balaban J connectivity index is 2.11. The van der Waals surface area contributed by atoms with E-state index in [1.807, 2.05) is 6.92 Å². The third-order valence-electron chi connectivity index (χ3n) is 4.29. The van der Waals surface area contributed by atoms with Crippen molar-refractivity contribution in [2.45, 2.75) is 31.7 Å². The van der Waals surface area contributed by atoms with Gasteiger partial charge in [0.2, 0.25) is 0 Å². The molecule has 0 amide bonds. The van der Waals surface area contributed by atoms with Crippen LogP contribution in [0.1, 0.15) is 24.8 Å².